The van der Waals surface area contributed by atoms with Gasteiger partial charge in [-0.2, -0.15) is 0 Å². The van der Waals surface area contributed by atoms with Crippen LogP contribution in [0.15, 0.2) is 0 Å². The number of nitrogens with one attached hydrogen (secondary N) is 1. The van der Waals surface area contributed by atoms with Crippen LogP contribution in [0.25, 0.3) is 0 Å². The first kappa shape index (κ1) is 13.9. The molecule has 2 heteroatoms. The summed E-state index contributed by atoms with van der Waals surface area (Å²) >= 11 is 0. The Morgan fingerprint density at radius 1 is 1.29 bits per heavy atom. The summed E-state index contributed by atoms with van der Waals surface area (Å²) in [6, 6.07) is 0.741. The maximum absolute atomic E-state index is 7.57. The summed E-state index contributed by atoms with van der Waals surface area (Å²) in [6.45, 7) is 6.71. The lowest BCUT2D eigenvalue weighted by atomic mass is 9.80. The number of rotatable bonds is 1. The van der Waals surface area contributed by atoms with Gasteiger partial charge in [0.1, 0.15) is 0 Å². The number of aliphatic hydroxyl groups is 1. The average molecular weight is 201 g/mol. The third kappa shape index (κ3) is 4.97. The van der Waals surface area contributed by atoms with Gasteiger partial charge in [0.05, 0.1) is 0 Å². The molecule has 1 rings (SSSR count). The van der Waals surface area contributed by atoms with Crippen LogP contribution in [0.4, 0.5) is 0 Å². The van der Waals surface area contributed by atoms with Crippen molar-refractivity contribution in [1.29, 1.82) is 0 Å². The molecule has 0 amide bonds. The van der Waals surface area contributed by atoms with Gasteiger partial charge in [0.2, 0.25) is 0 Å². The molecular formula is C12H27NO. The maximum Gasteiger partial charge on any atom is 0.0402 e. The van der Waals surface area contributed by atoms with Crippen molar-refractivity contribution in [2.45, 2.75) is 58.9 Å². The lowest BCUT2D eigenvalue weighted by molar-refractivity contribution is 0.235. The lowest BCUT2D eigenvalue weighted by Gasteiger charge is -2.32. The van der Waals surface area contributed by atoms with Gasteiger partial charge in [-0.05, 0) is 32.2 Å². The minimum atomic E-state index is 0.250. The SMILES string of the molecule is CCO.CNC1CCCCCC1(C)C. The molecule has 0 aromatic carbocycles. The van der Waals surface area contributed by atoms with Crippen LogP contribution < -0.4 is 5.32 Å². The van der Waals surface area contributed by atoms with Gasteiger partial charge >= 0.3 is 0 Å². The van der Waals surface area contributed by atoms with Crippen LogP contribution in [0.1, 0.15) is 52.9 Å². The van der Waals surface area contributed by atoms with Crippen LogP contribution in [0.2, 0.25) is 0 Å². The Bertz CT molecular complexity index is 134. The molecule has 1 aliphatic carbocycles. The highest BCUT2D eigenvalue weighted by Crippen LogP contribution is 2.33. The molecule has 0 heterocycles. The third-order valence-corrected chi connectivity index (χ3v) is 3.11. The summed E-state index contributed by atoms with van der Waals surface area (Å²) in [5, 5.41) is 11.0. The summed E-state index contributed by atoms with van der Waals surface area (Å²) < 4.78 is 0. The normalized spacial score (nSPS) is 25.9. The molecule has 0 aromatic heterocycles. The van der Waals surface area contributed by atoms with Crippen molar-refractivity contribution < 1.29 is 5.11 Å². The van der Waals surface area contributed by atoms with Gasteiger partial charge in [-0.3, -0.25) is 0 Å². The number of aliphatic hydroxyl groups excluding tert-OH is 1. The molecule has 86 valence electrons. The molecule has 0 spiro atoms. The van der Waals surface area contributed by atoms with Gasteiger partial charge in [0, 0.05) is 12.6 Å². The molecule has 14 heavy (non-hydrogen) atoms. The molecule has 1 saturated carbocycles. The Morgan fingerprint density at radius 3 is 2.36 bits per heavy atom. The quantitative estimate of drug-likeness (QED) is 0.639. The van der Waals surface area contributed by atoms with Crippen molar-refractivity contribution in [3.8, 4) is 0 Å². The van der Waals surface area contributed by atoms with Crippen molar-refractivity contribution in [1.82, 2.24) is 5.32 Å². The molecular weight excluding hydrogens is 174 g/mol. The van der Waals surface area contributed by atoms with Gasteiger partial charge in [-0.25, -0.2) is 0 Å². The highest BCUT2D eigenvalue weighted by molar-refractivity contribution is 4.85. The average Bonchev–Trinajstić information content (AvgIpc) is 2.27. The summed E-state index contributed by atoms with van der Waals surface area (Å²) in [5.74, 6) is 0. The van der Waals surface area contributed by atoms with Crippen LogP contribution in [0.3, 0.4) is 0 Å². The van der Waals surface area contributed by atoms with Gasteiger partial charge in [0.25, 0.3) is 0 Å². The molecule has 2 N–H and O–H groups in total. The molecule has 0 aromatic rings. The van der Waals surface area contributed by atoms with Gasteiger partial charge in [-0.1, -0.05) is 33.1 Å². The standard InChI is InChI=1S/C10H21N.C2H6O/c1-10(2)8-6-4-5-7-9(10)11-3;1-2-3/h9,11H,4-8H2,1-3H3;3H,2H2,1H3. The summed E-state index contributed by atoms with van der Waals surface area (Å²) in [7, 11) is 2.09. The fourth-order valence-electron chi connectivity index (χ4n) is 2.21. The maximum atomic E-state index is 7.57. The van der Waals surface area contributed by atoms with Crippen molar-refractivity contribution >= 4 is 0 Å². The van der Waals surface area contributed by atoms with Gasteiger partial charge < -0.3 is 10.4 Å². The molecule has 1 aliphatic rings. The van der Waals surface area contributed by atoms with Crippen LogP contribution in [-0.2, 0) is 0 Å². The van der Waals surface area contributed by atoms with Crippen LogP contribution >= 0.6 is 0 Å². The second-order valence-electron chi connectivity index (χ2n) is 4.75. The minimum Gasteiger partial charge on any atom is -0.397 e. The van der Waals surface area contributed by atoms with E-state index in [2.05, 4.69) is 26.2 Å². The molecule has 2 nitrogen and oxygen atoms in total. The molecule has 1 atom stereocenters. The fourth-order valence-corrected chi connectivity index (χ4v) is 2.21. The molecule has 0 saturated heterocycles. The first-order chi connectivity index (χ1) is 6.58. The van der Waals surface area contributed by atoms with Crippen LogP contribution in [-0.4, -0.2) is 24.8 Å². The highest BCUT2D eigenvalue weighted by atomic mass is 16.2. The Morgan fingerprint density at radius 2 is 1.86 bits per heavy atom. The van der Waals surface area contributed by atoms with E-state index in [-0.39, 0.29) is 6.61 Å². The van der Waals surface area contributed by atoms with Gasteiger partial charge in [-0.15, -0.1) is 0 Å². The molecule has 0 aliphatic heterocycles. The predicted octanol–water partition coefficient (Wildman–Crippen LogP) is 2.56. The molecule has 1 fully saturated rings. The van der Waals surface area contributed by atoms with E-state index in [1.165, 1.54) is 32.1 Å². The molecule has 1 unspecified atom stereocenters. The van der Waals surface area contributed by atoms with E-state index < -0.39 is 0 Å². The highest BCUT2D eigenvalue weighted by Gasteiger charge is 2.28. The van der Waals surface area contributed by atoms with E-state index >= 15 is 0 Å². The summed E-state index contributed by atoms with van der Waals surface area (Å²) in [6.07, 6.45) is 7.02. The van der Waals surface area contributed by atoms with Crippen molar-refractivity contribution in [2.75, 3.05) is 13.7 Å². The van der Waals surface area contributed by atoms with Crippen LogP contribution in [0.5, 0.6) is 0 Å². The smallest absolute Gasteiger partial charge is 0.0402 e. The van der Waals surface area contributed by atoms with E-state index in [1.807, 2.05) is 0 Å². The zero-order valence-corrected chi connectivity index (χ0v) is 10.3. The first-order valence-corrected chi connectivity index (χ1v) is 5.86. The second kappa shape index (κ2) is 7.24. The fraction of sp³-hybridized carbons (Fsp3) is 1.00. The lowest BCUT2D eigenvalue weighted by Crippen LogP contribution is -2.38. The van der Waals surface area contributed by atoms with E-state index in [0.717, 1.165) is 6.04 Å². The Balaban J connectivity index is 0.000000500. The Hall–Kier alpha value is -0.0800. The Kier molecular flexibility index (Phi) is 7.20. The summed E-state index contributed by atoms with van der Waals surface area (Å²) in [4.78, 5) is 0. The zero-order valence-electron chi connectivity index (χ0n) is 10.3. The molecule has 0 bridgehead atoms. The monoisotopic (exact) mass is 201 g/mol. The largest absolute Gasteiger partial charge is 0.397 e. The number of hydrogen-bond acceptors (Lipinski definition) is 2. The van der Waals surface area contributed by atoms with Gasteiger partial charge in [0.15, 0.2) is 0 Å². The predicted molar refractivity (Wildman–Crippen MR) is 62.5 cm³/mol. The second-order valence-corrected chi connectivity index (χ2v) is 4.75. The third-order valence-electron chi connectivity index (χ3n) is 3.11. The zero-order chi connectivity index (χ0) is 11.0. The Labute approximate surface area is 89.1 Å². The van der Waals surface area contributed by atoms with E-state index in [9.17, 15) is 0 Å². The van der Waals surface area contributed by atoms with Crippen LogP contribution in [0, 0.1) is 5.41 Å². The molecule has 0 radical (unpaired) electrons. The first-order valence-electron chi connectivity index (χ1n) is 5.86. The van der Waals surface area contributed by atoms with E-state index in [1.54, 1.807) is 6.92 Å². The summed E-state index contributed by atoms with van der Waals surface area (Å²) in [5.41, 5.74) is 0.519. The van der Waals surface area contributed by atoms with Crippen molar-refractivity contribution in [2.24, 2.45) is 5.41 Å². The van der Waals surface area contributed by atoms with E-state index in [4.69, 9.17) is 5.11 Å². The van der Waals surface area contributed by atoms with Crippen molar-refractivity contribution in [3.63, 3.8) is 0 Å². The number of hydrogen-bond donors (Lipinski definition) is 2. The minimum absolute atomic E-state index is 0.250. The topological polar surface area (TPSA) is 32.3 Å². The van der Waals surface area contributed by atoms with Crippen molar-refractivity contribution in [3.05, 3.63) is 0 Å². The van der Waals surface area contributed by atoms with E-state index in [0.29, 0.717) is 5.41 Å².